The van der Waals surface area contributed by atoms with E-state index >= 15 is 0 Å². The molecule has 1 rings (SSSR count). The van der Waals surface area contributed by atoms with Gasteiger partial charge >= 0.3 is 0 Å². The molecule has 0 radical (unpaired) electrons. The van der Waals surface area contributed by atoms with Gasteiger partial charge in [-0.05, 0) is 40.0 Å². The van der Waals surface area contributed by atoms with Crippen LogP contribution in [0.3, 0.4) is 0 Å². The summed E-state index contributed by atoms with van der Waals surface area (Å²) in [7, 11) is 5.08. The van der Waals surface area contributed by atoms with Crippen LogP contribution in [-0.2, 0) is 11.3 Å². The van der Waals surface area contributed by atoms with Gasteiger partial charge in [0.15, 0.2) is 11.5 Å². The van der Waals surface area contributed by atoms with Crippen molar-refractivity contribution in [2.75, 3.05) is 27.8 Å². The van der Waals surface area contributed by atoms with Gasteiger partial charge in [-0.1, -0.05) is 0 Å². The van der Waals surface area contributed by atoms with Crippen molar-refractivity contribution in [3.63, 3.8) is 0 Å². The maximum Gasteiger partial charge on any atom is 0.222 e. The summed E-state index contributed by atoms with van der Waals surface area (Å²) in [6.45, 7) is 0.892. The van der Waals surface area contributed by atoms with Crippen LogP contribution < -0.4 is 15.2 Å². The molecule has 20 heavy (non-hydrogen) atoms. The highest BCUT2D eigenvalue weighted by molar-refractivity contribution is 9.10. The van der Waals surface area contributed by atoms with Crippen molar-refractivity contribution in [1.82, 2.24) is 4.90 Å². The third-order valence-electron chi connectivity index (χ3n) is 2.81. The molecule has 0 aliphatic carbocycles. The SMILES string of the molecule is COc1cc(CN)cc(Br)c1OCCCC(=O)N(C)C. The molecule has 0 aliphatic rings. The zero-order chi connectivity index (χ0) is 15.1. The molecule has 1 aromatic rings. The first-order chi connectivity index (χ1) is 9.49. The molecule has 112 valence electrons. The fraction of sp³-hybridized carbons (Fsp3) is 0.500. The van der Waals surface area contributed by atoms with Crippen LogP contribution in [0.25, 0.3) is 0 Å². The Hall–Kier alpha value is -1.27. The highest BCUT2D eigenvalue weighted by Gasteiger charge is 2.11. The third-order valence-corrected chi connectivity index (χ3v) is 3.39. The second kappa shape index (κ2) is 8.11. The average Bonchev–Trinajstić information content (AvgIpc) is 2.43. The van der Waals surface area contributed by atoms with Crippen LogP contribution >= 0.6 is 15.9 Å². The first-order valence-electron chi connectivity index (χ1n) is 6.39. The van der Waals surface area contributed by atoms with E-state index in [2.05, 4.69) is 15.9 Å². The lowest BCUT2D eigenvalue weighted by molar-refractivity contribution is -0.128. The number of nitrogens with zero attached hydrogens (tertiary/aromatic N) is 1. The first kappa shape index (κ1) is 16.8. The monoisotopic (exact) mass is 344 g/mol. The minimum Gasteiger partial charge on any atom is -0.493 e. The maximum absolute atomic E-state index is 11.5. The van der Waals surface area contributed by atoms with Gasteiger partial charge in [0, 0.05) is 27.1 Å². The Balaban J connectivity index is 2.61. The number of methoxy groups -OCH3 is 1. The van der Waals surface area contributed by atoms with Crippen LogP contribution in [0, 0.1) is 0 Å². The van der Waals surface area contributed by atoms with E-state index in [0.29, 0.717) is 37.5 Å². The van der Waals surface area contributed by atoms with E-state index in [1.807, 2.05) is 12.1 Å². The molecule has 1 aromatic carbocycles. The van der Waals surface area contributed by atoms with Crippen LogP contribution in [0.1, 0.15) is 18.4 Å². The second-order valence-corrected chi connectivity index (χ2v) is 5.41. The molecule has 0 fully saturated rings. The van der Waals surface area contributed by atoms with Crippen LogP contribution in [0.15, 0.2) is 16.6 Å². The lowest BCUT2D eigenvalue weighted by Crippen LogP contribution is -2.21. The van der Waals surface area contributed by atoms with Crippen molar-refractivity contribution >= 4 is 21.8 Å². The molecule has 0 saturated heterocycles. The summed E-state index contributed by atoms with van der Waals surface area (Å²) in [4.78, 5) is 13.0. The van der Waals surface area contributed by atoms with Gasteiger partial charge in [-0.15, -0.1) is 0 Å². The van der Waals surface area contributed by atoms with Crippen molar-refractivity contribution in [2.45, 2.75) is 19.4 Å². The molecule has 0 bridgehead atoms. The summed E-state index contributed by atoms with van der Waals surface area (Å²) in [5, 5.41) is 0. The van der Waals surface area contributed by atoms with E-state index in [4.69, 9.17) is 15.2 Å². The Morgan fingerprint density at radius 1 is 1.40 bits per heavy atom. The van der Waals surface area contributed by atoms with Crippen LogP contribution in [0.4, 0.5) is 0 Å². The molecule has 0 spiro atoms. The average molecular weight is 345 g/mol. The summed E-state index contributed by atoms with van der Waals surface area (Å²) in [6.07, 6.45) is 1.12. The normalized spacial score (nSPS) is 10.2. The molecule has 1 amide bonds. The van der Waals surface area contributed by atoms with Crippen molar-refractivity contribution in [3.05, 3.63) is 22.2 Å². The zero-order valence-corrected chi connectivity index (χ0v) is 13.7. The number of rotatable bonds is 7. The predicted molar refractivity (Wildman–Crippen MR) is 82.0 cm³/mol. The molecule has 0 saturated carbocycles. The number of hydrogen-bond acceptors (Lipinski definition) is 4. The van der Waals surface area contributed by atoms with E-state index in [1.165, 1.54) is 0 Å². The Bertz CT molecular complexity index is 464. The first-order valence-corrected chi connectivity index (χ1v) is 7.18. The van der Waals surface area contributed by atoms with Gasteiger partial charge in [-0.2, -0.15) is 0 Å². The van der Waals surface area contributed by atoms with Gasteiger partial charge in [0.05, 0.1) is 18.2 Å². The summed E-state index contributed by atoms with van der Waals surface area (Å²) in [5.74, 6) is 1.37. The van der Waals surface area contributed by atoms with Gasteiger partial charge in [0.2, 0.25) is 5.91 Å². The molecular formula is C14H21BrN2O3. The molecule has 0 aromatic heterocycles. The fourth-order valence-corrected chi connectivity index (χ4v) is 2.26. The standard InChI is InChI=1S/C14H21BrN2O3/c1-17(2)13(18)5-4-6-20-14-11(15)7-10(9-16)8-12(14)19-3/h7-8H,4-6,9,16H2,1-3H3. The second-order valence-electron chi connectivity index (χ2n) is 4.55. The van der Waals surface area contributed by atoms with E-state index in [-0.39, 0.29) is 5.91 Å². The molecular weight excluding hydrogens is 324 g/mol. The fourth-order valence-electron chi connectivity index (χ4n) is 1.65. The van der Waals surface area contributed by atoms with Gasteiger partial charge in [-0.3, -0.25) is 4.79 Å². The summed E-state index contributed by atoms with van der Waals surface area (Å²) >= 11 is 3.45. The van der Waals surface area contributed by atoms with Crippen molar-refractivity contribution in [1.29, 1.82) is 0 Å². The number of amides is 1. The maximum atomic E-state index is 11.5. The molecule has 0 aliphatic heterocycles. The van der Waals surface area contributed by atoms with Gasteiger partial charge in [0.1, 0.15) is 0 Å². The van der Waals surface area contributed by atoms with Crippen LogP contribution in [0.2, 0.25) is 0 Å². The Morgan fingerprint density at radius 3 is 2.65 bits per heavy atom. The number of hydrogen-bond donors (Lipinski definition) is 1. The van der Waals surface area contributed by atoms with E-state index in [0.717, 1.165) is 10.0 Å². The summed E-state index contributed by atoms with van der Waals surface area (Å²) < 4.78 is 11.8. The Kier molecular flexibility index (Phi) is 6.81. The Labute approximate surface area is 128 Å². The predicted octanol–water partition coefficient (Wildman–Crippen LogP) is 2.16. The molecule has 0 unspecified atom stereocenters. The number of benzene rings is 1. The van der Waals surface area contributed by atoms with E-state index in [9.17, 15) is 4.79 Å². The summed E-state index contributed by atoms with van der Waals surface area (Å²) in [5.41, 5.74) is 6.58. The zero-order valence-electron chi connectivity index (χ0n) is 12.1. The third kappa shape index (κ3) is 4.68. The van der Waals surface area contributed by atoms with E-state index in [1.54, 1.807) is 26.1 Å². The number of halogens is 1. The highest BCUT2D eigenvalue weighted by Crippen LogP contribution is 2.36. The molecule has 5 nitrogen and oxygen atoms in total. The number of carbonyl (C=O) groups excluding carboxylic acids is 1. The lowest BCUT2D eigenvalue weighted by Gasteiger charge is -2.14. The minimum absolute atomic E-state index is 0.0955. The number of carbonyl (C=O) groups is 1. The lowest BCUT2D eigenvalue weighted by atomic mass is 10.2. The molecule has 2 N–H and O–H groups in total. The highest BCUT2D eigenvalue weighted by atomic mass is 79.9. The van der Waals surface area contributed by atoms with Gasteiger partial charge < -0.3 is 20.1 Å². The van der Waals surface area contributed by atoms with Crippen molar-refractivity contribution in [3.8, 4) is 11.5 Å². The summed E-state index contributed by atoms with van der Waals surface area (Å²) in [6, 6.07) is 3.76. The Morgan fingerprint density at radius 2 is 2.10 bits per heavy atom. The molecule has 6 heteroatoms. The van der Waals surface area contributed by atoms with Gasteiger partial charge in [-0.25, -0.2) is 0 Å². The molecule has 0 heterocycles. The largest absolute Gasteiger partial charge is 0.493 e. The van der Waals surface area contributed by atoms with Crippen LogP contribution in [-0.4, -0.2) is 38.6 Å². The van der Waals surface area contributed by atoms with Crippen molar-refractivity contribution in [2.24, 2.45) is 5.73 Å². The van der Waals surface area contributed by atoms with Crippen LogP contribution in [0.5, 0.6) is 11.5 Å². The van der Waals surface area contributed by atoms with Crippen molar-refractivity contribution < 1.29 is 14.3 Å². The minimum atomic E-state index is 0.0955. The number of ether oxygens (including phenoxy) is 2. The molecule has 0 atom stereocenters. The smallest absolute Gasteiger partial charge is 0.222 e. The quantitative estimate of drug-likeness (QED) is 0.770. The van der Waals surface area contributed by atoms with E-state index < -0.39 is 0 Å². The van der Waals surface area contributed by atoms with Gasteiger partial charge in [0.25, 0.3) is 0 Å². The number of nitrogens with two attached hydrogens (primary N) is 1. The topological polar surface area (TPSA) is 64.8 Å².